The van der Waals surface area contributed by atoms with Crippen molar-refractivity contribution in [3.8, 4) is 35.4 Å². The first-order valence-corrected chi connectivity index (χ1v) is 16.6. The maximum absolute atomic E-state index is 16.9. The Morgan fingerprint density at radius 2 is 1.98 bits per heavy atom. The summed E-state index contributed by atoms with van der Waals surface area (Å²) in [5, 5.41) is 11.6. The monoisotopic (exact) mass is 684 g/mol. The Balaban J connectivity index is 1.33. The number of hydrogen-bond acceptors (Lipinski definition) is 10. The number of carbonyl (C=O) groups is 1. The Morgan fingerprint density at radius 3 is 2.72 bits per heavy atom. The van der Waals surface area contributed by atoms with Crippen LogP contribution in [0.2, 0.25) is 0 Å². The molecule has 4 aromatic rings. The zero-order valence-electron chi connectivity index (χ0n) is 27.8. The van der Waals surface area contributed by atoms with Crippen molar-refractivity contribution in [3.63, 3.8) is 0 Å². The Hall–Kier alpha value is -4.90. The third kappa shape index (κ3) is 6.54. The summed E-state index contributed by atoms with van der Waals surface area (Å²) in [6, 6.07) is 5.05. The molecule has 0 spiro atoms. The molecule has 13 heteroatoms. The number of hydrogen-bond donors (Lipinski definition) is 1. The van der Waals surface area contributed by atoms with Gasteiger partial charge in [0, 0.05) is 62.3 Å². The molecule has 1 atom stereocenters. The molecule has 1 amide bonds. The Bertz CT molecular complexity index is 2010. The zero-order chi connectivity index (χ0) is 35.0. The van der Waals surface area contributed by atoms with Crippen molar-refractivity contribution < 1.29 is 32.9 Å². The second-order valence-corrected chi connectivity index (χ2v) is 13.2. The minimum Gasteiger partial charge on any atom is -0.508 e. The molecule has 7 rings (SSSR count). The molecule has 50 heavy (non-hydrogen) atoms. The summed E-state index contributed by atoms with van der Waals surface area (Å²) in [4.78, 5) is 32.2. The van der Waals surface area contributed by atoms with Gasteiger partial charge in [-0.3, -0.25) is 14.7 Å². The van der Waals surface area contributed by atoms with Gasteiger partial charge in [-0.05, 0) is 42.5 Å². The highest BCUT2D eigenvalue weighted by molar-refractivity contribution is 6.03. The van der Waals surface area contributed by atoms with Crippen LogP contribution < -0.4 is 9.64 Å². The van der Waals surface area contributed by atoms with E-state index in [2.05, 4.69) is 27.4 Å². The van der Waals surface area contributed by atoms with E-state index in [9.17, 15) is 14.3 Å². The average Bonchev–Trinajstić information content (AvgIpc) is 3.94. The number of aromatic nitrogens is 3. The second kappa shape index (κ2) is 13.8. The predicted octanol–water partition coefficient (Wildman–Crippen LogP) is 4.15. The molecule has 0 unspecified atom stereocenters. The number of aromatic hydroxyl groups is 1. The number of anilines is 1. The van der Waals surface area contributed by atoms with Gasteiger partial charge in [0.05, 0.1) is 50.0 Å². The third-order valence-electron chi connectivity index (χ3n) is 9.84. The quantitative estimate of drug-likeness (QED) is 0.204. The lowest BCUT2D eigenvalue weighted by Gasteiger charge is -2.31. The number of phenolic OH excluding ortho intramolecular Hbond substituents is 1. The fourth-order valence-electron chi connectivity index (χ4n) is 6.79. The number of phenols is 1. The van der Waals surface area contributed by atoms with E-state index in [-0.39, 0.29) is 56.8 Å². The molecule has 2 aromatic heterocycles. The largest absolute Gasteiger partial charge is 0.508 e. The molecule has 3 fully saturated rings. The number of pyridine rings is 1. The normalized spacial score (nSPS) is 19.2. The third-order valence-corrected chi connectivity index (χ3v) is 9.84. The topological polar surface area (TPSA) is 113 Å². The number of amides is 1. The summed E-state index contributed by atoms with van der Waals surface area (Å²) >= 11 is 0. The van der Waals surface area contributed by atoms with Crippen LogP contribution in [0.3, 0.4) is 0 Å². The molecule has 11 nitrogen and oxygen atoms in total. The molecule has 2 aliphatic heterocycles. The van der Waals surface area contributed by atoms with Crippen molar-refractivity contribution in [2.45, 2.75) is 18.9 Å². The van der Waals surface area contributed by atoms with E-state index in [4.69, 9.17) is 25.6 Å². The minimum absolute atomic E-state index is 0.00911. The smallest absolute Gasteiger partial charge is 0.319 e. The Kier molecular flexibility index (Phi) is 9.26. The maximum atomic E-state index is 16.9. The van der Waals surface area contributed by atoms with Crippen molar-refractivity contribution in [3.05, 3.63) is 60.3 Å². The van der Waals surface area contributed by atoms with Crippen molar-refractivity contribution >= 4 is 33.4 Å². The van der Waals surface area contributed by atoms with Gasteiger partial charge in [0.2, 0.25) is 5.91 Å². The molecular weight excluding hydrogens is 646 g/mol. The minimum atomic E-state index is -0.814. The van der Waals surface area contributed by atoms with Crippen LogP contribution in [-0.2, 0) is 14.3 Å². The number of nitrogens with zero attached hydrogens (tertiary/aromatic N) is 6. The number of ether oxygens (including phenoxy) is 3. The van der Waals surface area contributed by atoms with Crippen molar-refractivity contribution in [2.24, 2.45) is 5.41 Å². The number of likely N-dealkylation sites (N-methyl/N-ethyl adjacent to an activating group) is 1. The van der Waals surface area contributed by atoms with Crippen molar-refractivity contribution in [1.82, 2.24) is 24.8 Å². The fraction of sp³-hybridized carbons (Fsp3) is 0.405. The number of halogens is 2. The van der Waals surface area contributed by atoms with Crippen LogP contribution in [0.15, 0.2) is 43.1 Å². The van der Waals surface area contributed by atoms with Gasteiger partial charge in [-0.15, -0.1) is 6.42 Å². The molecule has 1 aliphatic carbocycles. The first-order chi connectivity index (χ1) is 24.2. The van der Waals surface area contributed by atoms with E-state index in [1.807, 2.05) is 4.90 Å². The van der Waals surface area contributed by atoms with E-state index in [0.717, 1.165) is 32.5 Å². The molecule has 2 saturated heterocycles. The molecular formula is C37H38F2N6O5. The van der Waals surface area contributed by atoms with E-state index in [0.29, 0.717) is 62.7 Å². The zero-order valence-corrected chi connectivity index (χ0v) is 27.8. The number of benzene rings is 2. The van der Waals surface area contributed by atoms with Gasteiger partial charge < -0.3 is 29.1 Å². The van der Waals surface area contributed by atoms with Gasteiger partial charge in [0.1, 0.15) is 28.6 Å². The molecule has 1 saturated carbocycles. The van der Waals surface area contributed by atoms with Crippen molar-refractivity contribution in [2.75, 3.05) is 77.7 Å². The van der Waals surface area contributed by atoms with Crippen LogP contribution in [0.4, 0.5) is 14.6 Å². The predicted molar refractivity (Wildman–Crippen MR) is 184 cm³/mol. The fourth-order valence-corrected chi connectivity index (χ4v) is 6.79. The summed E-state index contributed by atoms with van der Waals surface area (Å²) < 4.78 is 49.5. The molecule has 1 N–H and O–H groups in total. The van der Waals surface area contributed by atoms with Gasteiger partial charge in [-0.25, -0.2) is 8.78 Å². The van der Waals surface area contributed by atoms with Gasteiger partial charge in [0.15, 0.2) is 5.82 Å². The highest BCUT2D eigenvalue weighted by Gasteiger charge is 2.45. The first kappa shape index (κ1) is 33.6. The lowest BCUT2D eigenvalue weighted by atomic mass is 9.96. The summed E-state index contributed by atoms with van der Waals surface area (Å²) in [7, 11) is 1.68. The maximum Gasteiger partial charge on any atom is 0.319 e. The SMILES string of the molecule is C#Cc1c(F)ccc2cc(O)cc(-c3ncc4c(N5CCOC[C@H](N(C)C(=O)C=C)C5)nc(OCC5(CN6CCOCC6)CC5)nc4c3F)c12. The molecule has 3 aliphatic rings. The lowest BCUT2D eigenvalue weighted by molar-refractivity contribution is -0.127. The van der Waals surface area contributed by atoms with E-state index < -0.39 is 11.6 Å². The van der Waals surface area contributed by atoms with Gasteiger partial charge in [0.25, 0.3) is 0 Å². The Labute approximate surface area is 288 Å². The standard InChI is InChI=1S/C37H38F2N6O5/c1-4-26-29(38)7-6-23-16-25(46)17-27(31(23)26)33-32(39)34-28(18-40-33)35(45-12-15-49-20-24(19-45)43(3)30(47)5-2)42-36(41-34)50-22-37(8-9-37)21-44-10-13-48-14-11-44/h1,5-7,16-18,24,46H,2,8-15,19-22H2,3H3/t24-/m1/s1. The summed E-state index contributed by atoms with van der Waals surface area (Å²) in [5.41, 5.74) is -0.265. The highest BCUT2D eigenvalue weighted by atomic mass is 19.1. The average molecular weight is 685 g/mol. The summed E-state index contributed by atoms with van der Waals surface area (Å²) in [5.74, 6) is 0.840. The van der Waals surface area contributed by atoms with Gasteiger partial charge in [-0.1, -0.05) is 18.6 Å². The van der Waals surface area contributed by atoms with Crippen LogP contribution in [0.5, 0.6) is 11.8 Å². The first-order valence-electron chi connectivity index (χ1n) is 16.6. The number of fused-ring (bicyclic) bond motifs is 2. The lowest BCUT2D eigenvalue weighted by Crippen LogP contribution is -2.45. The number of carbonyl (C=O) groups excluding carboxylic acids is 1. The van der Waals surface area contributed by atoms with Crippen molar-refractivity contribution in [1.29, 1.82) is 0 Å². The van der Waals surface area contributed by atoms with Crippen LogP contribution in [-0.4, -0.2) is 115 Å². The molecule has 260 valence electrons. The van der Waals surface area contributed by atoms with Crippen LogP contribution in [0.1, 0.15) is 18.4 Å². The number of terminal acetylenes is 1. The second-order valence-electron chi connectivity index (χ2n) is 13.2. The molecule has 0 radical (unpaired) electrons. The highest BCUT2D eigenvalue weighted by Crippen LogP contribution is 2.47. The van der Waals surface area contributed by atoms with E-state index in [1.165, 1.54) is 36.5 Å². The Morgan fingerprint density at radius 1 is 1.20 bits per heavy atom. The van der Waals surface area contributed by atoms with E-state index >= 15 is 4.39 Å². The van der Waals surface area contributed by atoms with Crippen LogP contribution in [0, 0.1) is 29.4 Å². The summed E-state index contributed by atoms with van der Waals surface area (Å²) in [6.07, 6.45) is 10.4. The molecule has 4 heterocycles. The summed E-state index contributed by atoms with van der Waals surface area (Å²) in [6.45, 7) is 9.26. The van der Waals surface area contributed by atoms with Gasteiger partial charge >= 0.3 is 6.01 Å². The van der Waals surface area contributed by atoms with Crippen LogP contribution in [0.25, 0.3) is 32.9 Å². The van der Waals surface area contributed by atoms with E-state index in [1.54, 1.807) is 11.9 Å². The van der Waals surface area contributed by atoms with Crippen LogP contribution >= 0.6 is 0 Å². The number of morpholine rings is 1. The van der Waals surface area contributed by atoms with Gasteiger partial charge in [-0.2, -0.15) is 9.97 Å². The number of rotatable bonds is 9. The molecule has 0 bridgehead atoms. The molecule has 2 aromatic carbocycles.